The Labute approximate surface area is 123 Å². The standard InChI is InChI=1S/C17H28N2O/c1-14-13-17(20-3)15(2)12-16(14)6-4-5-9-19-10-7-18-8-11-19/h12-13,18H,4-11H2,1-3H3. The number of ether oxygens (including phenoxy) is 1. The largest absolute Gasteiger partial charge is 0.496 e. The summed E-state index contributed by atoms with van der Waals surface area (Å²) in [6.45, 7) is 10.3. The minimum atomic E-state index is 1.01. The Morgan fingerprint density at radius 2 is 1.85 bits per heavy atom. The molecule has 20 heavy (non-hydrogen) atoms. The molecule has 0 spiro atoms. The number of unbranched alkanes of at least 4 members (excludes halogenated alkanes) is 1. The van der Waals surface area contributed by atoms with E-state index in [1.807, 2.05) is 0 Å². The topological polar surface area (TPSA) is 24.5 Å². The van der Waals surface area contributed by atoms with Crippen LogP contribution in [-0.2, 0) is 6.42 Å². The second kappa shape index (κ2) is 7.65. The molecule has 0 aliphatic carbocycles. The maximum absolute atomic E-state index is 5.37. The van der Waals surface area contributed by atoms with Crippen LogP contribution in [-0.4, -0.2) is 44.7 Å². The van der Waals surface area contributed by atoms with Crippen LogP contribution < -0.4 is 10.1 Å². The van der Waals surface area contributed by atoms with Crippen LogP contribution in [0.3, 0.4) is 0 Å². The number of aryl methyl sites for hydroxylation is 3. The summed E-state index contributed by atoms with van der Waals surface area (Å²) in [6.07, 6.45) is 3.75. The maximum Gasteiger partial charge on any atom is 0.122 e. The van der Waals surface area contributed by atoms with Crippen LogP contribution in [0.25, 0.3) is 0 Å². The van der Waals surface area contributed by atoms with Crippen LogP contribution in [0.1, 0.15) is 29.5 Å². The van der Waals surface area contributed by atoms with Gasteiger partial charge in [0.25, 0.3) is 0 Å². The molecule has 1 aliphatic heterocycles. The van der Waals surface area contributed by atoms with Gasteiger partial charge in [-0.15, -0.1) is 0 Å². The van der Waals surface area contributed by atoms with Gasteiger partial charge in [0.1, 0.15) is 5.75 Å². The van der Waals surface area contributed by atoms with Crippen LogP contribution in [0.5, 0.6) is 5.75 Å². The van der Waals surface area contributed by atoms with Crippen molar-refractivity contribution in [2.45, 2.75) is 33.1 Å². The predicted molar refractivity (Wildman–Crippen MR) is 84.7 cm³/mol. The predicted octanol–water partition coefficient (Wildman–Crippen LogP) is 2.54. The van der Waals surface area contributed by atoms with Gasteiger partial charge in [0.2, 0.25) is 0 Å². The van der Waals surface area contributed by atoms with Crippen molar-refractivity contribution < 1.29 is 4.74 Å². The SMILES string of the molecule is COc1cc(C)c(CCCCN2CCNCC2)cc1C. The molecular formula is C17H28N2O. The minimum absolute atomic E-state index is 1.01. The van der Waals surface area contributed by atoms with Crippen molar-refractivity contribution >= 4 is 0 Å². The highest BCUT2D eigenvalue weighted by Crippen LogP contribution is 2.23. The third-order valence-corrected chi connectivity index (χ3v) is 4.23. The van der Waals surface area contributed by atoms with Crippen LogP contribution >= 0.6 is 0 Å². The summed E-state index contributed by atoms with van der Waals surface area (Å²) in [4.78, 5) is 2.57. The van der Waals surface area contributed by atoms with Crippen molar-refractivity contribution in [1.82, 2.24) is 10.2 Å². The first-order valence-electron chi connectivity index (χ1n) is 7.78. The highest BCUT2D eigenvalue weighted by Gasteiger charge is 2.09. The van der Waals surface area contributed by atoms with Gasteiger partial charge in [0.15, 0.2) is 0 Å². The molecule has 0 unspecified atom stereocenters. The van der Waals surface area contributed by atoms with Crippen LogP contribution in [0.15, 0.2) is 12.1 Å². The number of nitrogens with zero attached hydrogens (tertiary/aromatic N) is 1. The fourth-order valence-corrected chi connectivity index (χ4v) is 2.92. The lowest BCUT2D eigenvalue weighted by molar-refractivity contribution is 0.237. The number of nitrogens with one attached hydrogen (secondary N) is 1. The van der Waals surface area contributed by atoms with Crippen molar-refractivity contribution in [2.24, 2.45) is 0 Å². The first-order chi connectivity index (χ1) is 9.70. The molecule has 1 saturated heterocycles. The number of rotatable bonds is 6. The quantitative estimate of drug-likeness (QED) is 0.808. The molecule has 1 N–H and O–H groups in total. The molecule has 0 amide bonds. The second-order valence-corrected chi connectivity index (χ2v) is 5.80. The molecule has 3 nitrogen and oxygen atoms in total. The third-order valence-electron chi connectivity index (χ3n) is 4.23. The van der Waals surface area contributed by atoms with E-state index in [1.165, 1.54) is 55.6 Å². The zero-order chi connectivity index (χ0) is 14.4. The molecule has 1 aromatic rings. The Morgan fingerprint density at radius 3 is 2.55 bits per heavy atom. The van der Waals surface area contributed by atoms with Crippen molar-refractivity contribution in [2.75, 3.05) is 39.8 Å². The van der Waals surface area contributed by atoms with E-state index in [1.54, 1.807) is 7.11 Å². The number of hydrogen-bond donors (Lipinski definition) is 1. The lowest BCUT2D eigenvalue weighted by Gasteiger charge is -2.27. The molecule has 0 saturated carbocycles. The molecule has 112 valence electrons. The molecule has 1 heterocycles. The molecule has 3 heteroatoms. The number of methoxy groups -OCH3 is 1. The zero-order valence-electron chi connectivity index (χ0n) is 13.2. The summed E-state index contributed by atoms with van der Waals surface area (Å²) < 4.78 is 5.37. The smallest absolute Gasteiger partial charge is 0.122 e. The van der Waals surface area contributed by atoms with Gasteiger partial charge in [-0.25, -0.2) is 0 Å². The summed E-state index contributed by atoms with van der Waals surface area (Å²) in [5.74, 6) is 1.01. The van der Waals surface area contributed by atoms with E-state index in [2.05, 4.69) is 36.2 Å². The molecule has 2 rings (SSSR count). The second-order valence-electron chi connectivity index (χ2n) is 5.80. The highest BCUT2D eigenvalue weighted by atomic mass is 16.5. The summed E-state index contributed by atoms with van der Waals surface area (Å²) in [7, 11) is 1.74. The third kappa shape index (κ3) is 4.22. The molecule has 1 aromatic carbocycles. The Kier molecular flexibility index (Phi) is 5.86. The van der Waals surface area contributed by atoms with Gasteiger partial charge in [-0.05, 0) is 62.4 Å². The molecule has 0 aromatic heterocycles. The van der Waals surface area contributed by atoms with Crippen LogP contribution in [0.2, 0.25) is 0 Å². The van der Waals surface area contributed by atoms with Gasteiger partial charge in [0, 0.05) is 26.2 Å². The molecule has 0 bridgehead atoms. The Bertz CT molecular complexity index is 425. The van der Waals surface area contributed by atoms with E-state index < -0.39 is 0 Å². The van der Waals surface area contributed by atoms with E-state index in [0.29, 0.717) is 0 Å². The first kappa shape index (κ1) is 15.3. The average molecular weight is 276 g/mol. The normalized spacial score (nSPS) is 16.4. The molecule has 0 radical (unpaired) electrons. The number of hydrogen-bond acceptors (Lipinski definition) is 3. The van der Waals surface area contributed by atoms with Crippen molar-refractivity contribution in [3.63, 3.8) is 0 Å². The lowest BCUT2D eigenvalue weighted by atomic mass is 9.99. The Morgan fingerprint density at radius 1 is 1.10 bits per heavy atom. The van der Waals surface area contributed by atoms with Gasteiger partial charge in [-0.1, -0.05) is 6.07 Å². The molecule has 1 aliphatic rings. The fourth-order valence-electron chi connectivity index (χ4n) is 2.92. The molecule has 0 atom stereocenters. The summed E-state index contributed by atoms with van der Waals surface area (Å²) in [5.41, 5.74) is 4.08. The monoisotopic (exact) mass is 276 g/mol. The zero-order valence-corrected chi connectivity index (χ0v) is 13.2. The van der Waals surface area contributed by atoms with Crippen LogP contribution in [0.4, 0.5) is 0 Å². The van der Waals surface area contributed by atoms with E-state index >= 15 is 0 Å². The van der Waals surface area contributed by atoms with E-state index in [4.69, 9.17) is 4.74 Å². The Balaban J connectivity index is 1.77. The summed E-state index contributed by atoms with van der Waals surface area (Å²) in [5, 5.41) is 3.40. The van der Waals surface area contributed by atoms with Crippen molar-refractivity contribution in [3.8, 4) is 5.75 Å². The number of piperazine rings is 1. The van der Waals surface area contributed by atoms with Gasteiger partial charge in [-0.2, -0.15) is 0 Å². The molecule has 1 fully saturated rings. The first-order valence-corrected chi connectivity index (χ1v) is 7.78. The minimum Gasteiger partial charge on any atom is -0.496 e. The van der Waals surface area contributed by atoms with E-state index in [9.17, 15) is 0 Å². The van der Waals surface area contributed by atoms with Gasteiger partial charge in [0.05, 0.1) is 7.11 Å². The number of benzene rings is 1. The average Bonchev–Trinajstić information content (AvgIpc) is 2.47. The van der Waals surface area contributed by atoms with Gasteiger partial charge >= 0.3 is 0 Å². The Hall–Kier alpha value is -1.06. The van der Waals surface area contributed by atoms with Gasteiger partial charge in [-0.3, -0.25) is 0 Å². The van der Waals surface area contributed by atoms with Gasteiger partial charge < -0.3 is 15.0 Å². The van der Waals surface area contributed by atoms with E-state index in [0.717, 1.165) is 18.8 Å². The summed E-state index contributed by atoms with van der Waals surface area (Å²) >= 11 is 0. The fraction of sp³-hybridized carbons (Fsp3) is 0.647. The maximum atomic E-state index is 5.37. The van der Waals surface area contributed by atoms with Crippen molar-refractivity contribution in [1.29, 1.82) is 0 Å². The summed E-state index contributed by atoms with van der Waals surface area (Å²) in [6, 6.07) is 4.46. The van der Waals surface area contributed by atoms with E-state index in [-0.39, 0.29) is 0 Å². The van der Waals surface area contributed by atoms with Crippen LogP contribution in [0, 0.1) is 13.8 Å². The lowest BCUT2D eigenvalue weighted by Crippen LogP contribution is -2.43. The highest BCUT2D eigenvalue weighted by molar-refractivity contribution is 5.41. The van der Waals surface area contributed by atoms with Crippen molar-refractivity contribution in [3.05, 3.63) is 28.8 Å². The molecular weight excluding hydrogens is 248 g/mol.